The second-order valence-electron chi connectivity index (χ2n) is 5.18. The van der Waals surface area contributed by atoms with Crippen LogP contribution in [0.1, 0.15) is 5.56 Å². The van der Waals surface area contributed by atoms with Gasteiger partial charge in [-0.15, -0.1) is 0 Å². The number of fused-ring (bicyclic) bond motifs is 1. The Morgan fingerprint density at radius 3 is 2.42 bits per heavy atom. The van der Waals surface area contributed by atoms with Crippen molar-refractivity contribution >= 4 is 17.2 Å². The second kappa shape index (κ2) is 5.92. The zero-order chi connectivity index (χ0) is 16.4. The quantitative estimate of drug-likeness (QED) is 0.546. The van der Waals surface area contributed by atoms with E-state index in [9.17, 15) is 4.79 Å². The molecule has 0 aliphatic rings. The highest BCUT2D eigenvalue weighted by Crippen LogP contribution is 2.12. The van der Waals surface area contributed by atoms with E-state index in [-0.39, 0.29) is 5.56 Å². The molecule has 2 aromatic carbocycles. The molecular formula is C18H13N5O. The fourth-order valence-electron chi connectivity index (χ4n) is 2.41. The van der Waals surface area contributed by atoms with Crippen molar-refractivity contribution in [3.05, 3.63) is 89.1 Å². The number of benzene rings is 2. The third-order valence-corrected chi connectivity index (χ3v) is 3.60. The molecule has 0 unspecified atom stereocenters. The average Bonchev–Trinajstić information content (AvgIpc) is 3.08. The van der Waals surface area contributed by atoms with Gasteiger partial charge in [-0.3, -0.25) is 4.79 Å². The van der Waals surface area contributed by atoms with Crippen LogP contribution >= 0.6 is 0 Å². The number of hydrogen-bond acceptors (Lipinski definition) is 4. The van der Waals surface area contributed by atoms with Gasteiger partial charge >= 0.3 is 0 Å². The molecule has 24 heavy (non-hydrogen) atoms. The van der Waals surface area contributed by atoms with E-state index in [0.29, 0.717) is 11.0 Å². The standard InChI is InChI=1S/C18H13N5O/c24-18-16-12-21-23(15-9-5-2-6-10-15)17(16)19-13-22(18)20-11-14-7-3-1-4-8-14/h1-13H/b20-11-. The molecule has 116 valence electrons. The lowest BCUT2D eigenvalue weighted by atomic mass is 10.2. The van der Waals surface area contributed by atoms with Crippen molar-refractivity contribution in [3.63, 3.8) is 0 Å². The van der Waals surface area contributed by atoms with Gasteiger partial charge in [0.2, 0.25) is 0 Å². The molecule has 0 N–H and O–H groups in total. The molecule has 0 aliphatic heterocycles. The van der Waals surface area contributed by atoms with E-state index in [1.165, 1.54) is 17.2 Å². The summed E-state index contributed by atoms with van der Waals surface area (Å²) in [5.74, 6) is 0. The van der Waals surface area contributed by atoms with E-state index in [0.717, 1.165) is 11.3 Å². The summed E-state index contributed by atoms with van der Waals surface area (Å²) in [4.78, 5) is 16.9. The Balaban J connectivity index is 1.77. The maximum Gasteiger partial charge on any atom is 0.285 e. The fraction of sp³-hybridized carbons (Fsp3) is 0. The lowest BCUT2D eigenvalue weighted by Gasteiger charge is -2.02. The summed E-state index contributed by atoms with van der Waals surface area (Å²) < 4.78 is 2.86. The molecule has 0 bridgehead atoms. The molecule has 0 radical (unpaired) electrons. The summed E-state index contributed by atoms with van der Waals surface area (Å²) in [6.07, 6.45) is 4.55. The molecule has 0 fully saturated rings. The van der Waals surface area contributed by atoms with Crippen molar-refractivity contribution in [1.29, 1.82) is 0 Å². The highest BCUT2D eigenvalue weighted by atomic mass is 16.1. The minimum atomic E-state index is -0.255. The van der Waals surface area contributed by atoms with Gasteiger partial charge in [-0.2, -0.15) is 14.9 Å². The second-order valence-corrected chi connectivity index (χ2v) is 5.18. The largest absolute Gasteiger partial charge is 0.285 e. The number of hydrogen-bond donors (Lipinski definition) is 0. The highest BCUT2D eigenvalue weighted by Gasteiger charge is 2.10. The minimum absolute atomic E-state index is 0.255. The summed E-state index contributed by atoms with van der Waals surface area (Å²) in [5.41, 5.74) is 2.01. The lowest BCUT2D eigenvalue weighted by molar-refractivity contribution is 0.809. The van der Waals surface area contributed by atoms with Gasteiger partial charge in [-0.25, -0.2) is 9.67 Å². The maximum absolute atomic E-state index is 12.6. The van der Waals surface area contributed by atoms with Gasteiger partial charge in [-0.1, -0.05) is 48.5 Å². The number of para-hydroxylation sites is 1. The van der Waals surface area contributed by atoms with Crippen LogP contribution < -0.4 is 5.56 Å². The first-order valence-corrected chi connectivity index (χ1v) is 7.43. The molecule has 6 heteroatoms. The van der Waals surface area contributed by atoms with Crippen LogP contribution in [0.2, 0.25) is 0 Å². The first kappa shape index (κ1) is 14.1. The predicted molar refractivity (Wildman–Crippen MR) is 92.6 cm³/mol. The van der Waals surface area contributed by atoms with Crippen LogP contribution in [0.25, 0.3) is 16.7 Å². The fourth-order valence-corrected chi connectivity index (χ4v) is 2.41. The number of nitrogens with zero attached hydrogens (tertiary/aromatic N) is 5. The molecule has 0 aliphatic carbocycles. The number of rotatable bonds is 3. The van der Waals surface area contributed by atoms with Crippen molar-refractivity contribution in [2.24, 2.45) is 5.10 Å². The van der Waals surface area contributed by atoms with Gasteiger partial charge in [0.25, 0.3) is 5.56 Å². The third kappa shape index (κ3) is 2.50. The normalized spacial score (nSPS) is 11.3. The first-order valence-electron chi connectivity index (χ1n) is 7.43. The minimum Gasteiger partial charge on any atom is -0.266 e. The van der Waals surface area contributed by atoms with Gasteiger partial charge in [-0.05, 0) is 17.7 Å². The Bertz CT molecular complexity index is 1060. The molecule has 0 saturated heterocycles. The van der Waals surface area contributed by atoms with Gasteiger partial charge in [0.15, 0.2) is 5.65 Å². The van der Waals surface area contributed by atoms with Crippen LogP contribution in [0.4, 0.5) is 0 Å². The predicted octanol–water partition coefficient (Wildman–Crippen LogP) is 2.46. The van der Waals surface area contributed by atoms with Gasteiger partial charge in [0, 0.05) is 0 Å². The van der Waals surface area contributed by atoms with E-state index < -0.39 is 0 Å². The van der Waals surface area contributed by atoms with Gasteiger partial charge in [0.05, 0.1) is 18.1 Å². The van der Waals surface area contributed by atoms with E-state index >= 15 is 0 Å². The van der Waals surface area contributed by atoms with Crippen LogP contribution in [0.3, 0.4) is 0 Å². The molecule has 6 nitrogen and oxygen atoms in total. The Kier molecular flexibility index (Phi) is 3.47. The number of aromatic nitrogens is 4. The molecule has 4 rings (SSSR count). The summed E-state index contributed by atoms with van der Waals surface area (Å²) >= 11 is 0. The van der Waals surface area contributed by atoms with E-state index in [2.05, 4.69) is 15.2 Å². The summed E-state index contributed by atoms with van der Waals surface area (Å²) in [5, 5.41) is 8.89. The highest BCUT2D eigenvalue weighted by molar-refractivity contribution is 5.79. The SMILES string of the molecule is O=c1c2cnn(-c3ccccc3)c2ncn1/N=C\c1ccccc1. The maximum atomic E-state index is 12.6. The Morgan fingerprint density at radius 1 is 0.958 bits per heavy atom. The van der Waals surface area contributed by atoms with Crippen molar-refractivity contribution in [3.8, 4) is 5.69 Å². The van der Waals surface area contributed by atoms with Crippen LogP contribution in [-0.4, -0.2) is 25.7 Å². The Morgan fingerprint density at radius 2 is 1.67 bits per heavy atom. The zero-order valence-electron chi connectivity index (χ0n) is 12.6. The van der Waals surface area contributed by atoms with Crippen LogP contribution in [0, 0.1) is 0 Å². The molecule has 4 aromatic rings. The van der Waals surface area contributed by atoms with E-state index in [1.54, 1.807) is 10.9 Å². The monoisotopic (exact) mass is 315 g/mol. The summed E-state index contributed by atoms with van der Waals surface area (Å²) in [6, 6.07) is 19.1. The summed E-state index contributed by atoms with van der Waals surface area (Å²) in [6.45, 7) is 0. The molecule has 0 saturated carbocycles. The van der Waals surface area contributed by atoms with Crippen molar-refractivity contribution in [2.75, 3.05) is 0 Å². The van der Waals surface area contributed by atoms with E-state index in [1.807, 2.05) is 60.7 Å². The van der Waals surface area contributed by atoms with Crippen LogP contribution in [-0.2, 0) is 0 Å². The molecular weight excluding hydrogens is 302 g/mol. The molecule has 0 amide bonds. The first-order chi connectivity index (χ1) is 11.8. The molecule has 0 spiro atoms. The summed E-state index contributed by atoms with van der Waals surface area (Å²) in [7, 11) is 0. The molecule has 0 atom stereocenters. The van der Waals surface area contributed by atoms with Gasteiger partial charge in [0.1, 0.15) is 11.7 Å². The van der Waals surface area contributed by atoms with Crippen molar-refractivity contribution in [1.82, 2.24) is 19.4 Å². The van der Waals surface area contributed by atoms with Crippen LogP contribution in [0.5, 0.6) is 0 Å². The smallest absolute Gasteiger partial charge is 0.266 e. The molecule has 2 aromatic heterocycles. The Hall–Kier alpha value is -3.54. The van der Waals surface area contributed by atoms with E-state index in [4.69, 9.17) is 0 Å². The van der Waals surface area contributed by atoms with Crippen molar-refractivity contribution in [2.45, 2.75) is 0 Å². The average molecular weight is 315 g/mol. The third-order valence-electron chi connectivity index (χ3n) is 3.60. The topological polar surface area (TPSA) is 65.1 Å². The van der Waals surface area contributed by atoms with Crippen molar-refractivity contribution < 1.29 is 0 Å². The van der Waals surface area contributed by atoms with Gasteiger partial charge < -0.3 is 0 Å². The molecule has 2 heterocycles. The zero-order valence-corrected chi connectivity index (χ0v) is 12.6. The Labute approximate surface area is 137 Å². The lowest BCUT2D eigenvalue weighted by Crippen LogP contribution is -2.17. The van der Waals surface area contributed by atoms with Crippen LogP contribution in [0.15, 0.2) is 83.1 Å².